The molecule has 82 valence electrons. The highest BCUT2D eigenvalue weighted by atomic mass is 16.5. The third-order valence-corrected chi connectivity index (χ3v) is 1.30. The first-order valence-corrected chi connectivity index (χ1v) is 4.44. The fourth-order valence-electron chi connectivity index (χ4n) is 0.642. The van der Waals surface area contributed by atoms with Crippen LogP contribution in [0.4, 0.5) is 0 Å². The van der Waals surface area contributed by atoms with Crippen LogP contribution in [0.15, 0.2) is 0 Å². The molecule has 0 saturated carbocycles. The Kier molecular flexibility index (Phi) is 5.15. The van der Waals surface area contributed by atoms with Crippen LogP contribution in [0.2, 0.25) is 0 Å². The molecule has 0 aromatic heterocycles. The van der Waals surface area contributed by atoms with E-state index < -0.39 is 5.97 Å². The number of hydrogen-bond acceptors (Lipinski definition) is 3. The second-order valence-electron chi connectivity index (χ2n) is 3.89. The number of carbonyl (C=O) groups is 2. The van der Waals surface area contributed by atoms with E-state index in [2.05, 4.69) is 5.32 Å². The van der Waals surface area contributed by atoms with Gasteiger partial charge in [0.2, 0.25) is 5.91 Å². The van der Waals surface area contributed by atoms with Crippen molar-refractivity contribution in [2.24, 2.45) is 0 Å². The van der Waals surface area contributed by atoms with Crippen LogP contribution < -0.4 is 5.32 Å². The van der Waals surface area contributed by atoms with Crippen LogP contribution in [0.3, 0.4) is 0 Å². The Morgan fingerprint density at radius 3 is 2.36 bits per heavy atom. The summed E-state index contributed by atoms with van der Waals surface area (Å²) in [5, 5.41) is 10.7. The Labute approximate surface area is 83.4 Å². The predicted octanol–water partition coefficient (Wildman–Crippen LogP) is 0.392. The number of amides is 1. The van der Waals surface area contributed by atoms with Crippen LogP contribution in [0.5, 0.6) is 0 Å². The minimum Gasteiger partial charge on any atom is -0.481 e. The van der Waals surface area contributed by atoms with Gasteiger partial charge in [0.15, 0.2) is 0 Å². The molecule has 0 rings (SSSR count). The fraction of sp³-hybridized carbons (Fsp3) is 0.778. The van der Waals surface area contributed by atoms with Gasteiger partial charge in [0.1, 0.15) is 6.61 Å². The van der Waals surface area contributed by atoms with Crippen molar-refractivity contribution in [2.75, 3.05) is 13.2 Å². The molecule has 0 radical (unpaired) electrons. The molecule has 5 heteroatoms. The summed E-state index contributed by atoms with van der Waals surface area (Å²) in [6, 6.07) is 0. The molecule has 0 atom stereocenters. The van der Waals surface area contributed by atoms with E-state index in [0.29, 0.717) is 0 Å². The molecule has 0 bridgehead atoms. The maximum Gasteiger partial charge on any atom is 0.305 e. The zero-order valence-corrected chi connectivity index (χ0v) is 8.79. The number of carbonyl (C=O) groups excluding carboxylic acids is 1. The smallest absolute Gasteiger partial charge is 0.305 e. The summed E-state index contributed by atoms with van der Waals surface area (Å²) in [4.78, 5) is 21.2. The Morgan fingerprint density at radius 1 is 1.36 bits per heavy atom. The standard InChI is InChI=1S/C9H17NO4/c1-9(2,3)14-6-7(11)10-5-4-8(12)13/h4-6H2,1-3H3,(H,10,11)(H,12,13). The second-order valence-corrected chi connectivity index (χ2v) is 3.89. The molecular weight excluding hydrogens is 186 g/mol. The summed E-state index contributed by atoms with van der Waals surface area (Å²) < 4.78 is 5.19. The Balaban J connectivity index is 3.52. The number of rotatable bonds is 5. The molecule has 0 aliphatic carbocycles. The van der Waals surface area contributed by atoms with Crippen LogP contribution in [0.1, 0.15) is 27.2 Å². The molecule has 5 nitrogen and oxygen atoms in total. The van der Waals surface area contributed by atoms with Crippen molar-refractivity contribution >= 4 is 11.9 Å². The molecule has 0 aliphatic heterocycles. The topological polar surface area (TPSA) is 75.6 Å². The highest BCUT2D eigenvalue weighted by molar-refractivity contribution is 5.77. The predicted molar refractivity (Wildman–Crippen MR) is 51.0 cm³/mol. The summed E-state index contributed by atoms with van der Waals surface area (Å²) in [5.74, 6) is -1.22. The molecule has 0 unspecified atom stereocenters. The summed E-state index contributed by atoms with van der Waals surface area (Å²) in [5.41, 5.74) is -0.357. The van der Waals surface area contributed by atoms with E-state index in [4.69, 9.17) is 9.84 Å². The first kappa shape index (κ1) is 12.9. The monoisotopic (exact) mass is 203 g/mol. The number of carboxylic acids is 1. The minimum atomic E-state index is -0.929. The quantitative estimate of drug-likeness (QED) is 0.677. The van der Waals surface area contributed by atoms with Gasteiger partial charge >= 0.3 is 5.97 Å². The van der Waals surface area contributed by atoms with Gasteiger partial charge in [0.25, 0.3) is 0 Å². The van der Waals surface area contributed by atoms with E-state index >= 15 is 0 Å². The lowest BCUT2D eigenvalue weighted by atomic mass is 10.2. The fourth-order valence-corrected chi connectivity index (χ4v) is 0.642. The zero-order valence-electron chi connectivity index (χ0n) is 8.79. The third kappa shape index (κ3) is 8.99. The van der Waals surface area contributed by atoms with Crippen LogP contribution in [-0.4, -0.2) is 35.7 Å². The first-order chi connectivity index (χ1) is 6.31. The van der Waals surface area contributed by atoms with Crippen molar-refractivity contribution in [1.29, 1.82) is 0 Å². The Morgan fingerprint density at radius 2 is 1.93 bits per heavy atom. The SMILES string of the molecule is CC(C)(C)OCC(=O)NCCC(=O)O. The van der Waals surface area contributed by atoms with Crippen molar-refractivity contribution in [2.45, 2.75) is 32.8 Å². The number of aliphatic carboxylic acids is 1. The van der Waals surface area contributed by atoms with Crippen molar-refractivity contribution in [1.82, 2.24) is 5.32 Å². The molecule has 0 heterocycles. The summed E-state index contributed by atoms with van der Waals surface area (Å²) in [7, 11) is 0. The lowest BCUT2D eigenvalue weighted by Crippen LogP contribution is -2.33. The van der Waals surface area contributed by atoms with Gasteiger partial charge in [-0.3, -0.25) is 9.59 Å². The second kappa shape index (κ2) is 5.59. The van der Waals surface area contributed by atoms with Gasteiger partial charge < -0.3 is 15.2 Å². The van der Waals surface area contributed by atoms with E-state index in [-0.39, 0.29) is 31.1 Å². The van der Waals surface area contributed by atoms with E-state index in [1.807, 2.05) is 20.8 Å². The van der Waals surface area contributed by atoms with Gasteiger partial charge in [-0.15, -0.1) is 0 Å². The average molecular weight is 203 g/mol. The normalized spacial score (nSPS) is 11.1. The van der Waals surface area contributed by atoms with E-state index in [9.17, 15) is 9.59 Å². The molecule has 2 N–H and O–H groups in total. The molecule has 0 aromatic carbocycles. The molecule has 0 fully saturated rings. The summed E-state index contributed by atoms with van der Waals surface area (Å²) in [6.45, 7) is 5.64. The maximum absolute atomic E-state index is 11.0. The number of ether oxygens (including phenoxy) is 1. The highest BCUT2D eigenvalue weighted by Gasteiger charge is 2.12. The Hall–Kier alpha value is -1.10. The van der Waals surface area contributed by atoms with Crippen molar-refractivity contribution in [3.05, 3.63) is 0 Å². The minimum absolute atomic E-state index is 0.0386. The van der Waals surface area contributed by atoms with Crippen LogP contribution in [-0.2, 0) is 14.3 Å². The van der Waals surface area contributed by atoms with Crippen molar-refractivity contribution in [3.8, 4) is 0 Å². The van der Waals surface area contributed by atoms with Gasteiger partial charge in [-0.25, -0.2) is 0 Å². The van der Waals surface area contributed by atoms with E-state index in [1.54, 1.807) is 0 Å². The van der Waals surface area contributed by atoms with Gasteiger partial charge in [0.05, 0.1) is 12.0 Å². The largest absolute Gasteiger partial charge is 0.481 e. The first-order valence-electron chi connectivity index (χ1n) is 4.44. The zero-order chi connectivity index (χ0) is 11.2. The molecule has 0 aliphatic rings. The van der Waals surface area contributed by atoms with Crippen LogP contribution >= 0.6 is 0 Å². The average Bonchev–Trinajstić information content (AvgIpc) is 1.99. The van der Waals surface area contributed by atoms with E-state index in [0.717, 1.165) is 0 Å². The van der Waals surface area contributed by atoms with E-state index in [1.165, 1.54) is 0 Å². The van der Waals surface area contributed by atoms with Crippen LogP contribution in [0, 0.1) is 0 Å². The van der Waals surface area contributed by atoms with Gasteiger partial charge in [-0.1, -0.05) is 0 Å². The van der Waals surface area contributed by atoms with Gasteiger partial charge in [-0.2, -0.15) is 0 Å². The van der Waals surface area contributed by atoms with Crippen LogP contribution in [0.25, 0.3) is 0 Å². The molecule has 1 amide bonds. The molecule has 0 aromatic rings. The number of hydrogen-bond donors (Lipinski definition) is 2. The number of nitrogens with one attached hydrogen (secondary N) is 1. The molecular formula is C9H17NO4. The lowest BCUT2D eigenvalue weighted by Gasteiger charge is -2.18. The lowest BCUT2D eigenvalue weighted by molar-refractivity contribution is -0.137. The molecule has 0 spiro atoms. The number of carboxylic acid groups (broad SMARTS) is 1. The summed E-state index contributed by atoms with van der Waals surface area (Å²) >= 11 is 0. The van der Waals surface area contributed by atoms with Crippen molar-refractivity contribution in [3.63, 3.8) is 0 Å². The van der Waals surface area contributed by atoms with Crippen molar-refractivity contribution < 1.29 is 19.4 Å². The molecule has 14 heavy (non-hydrogen) atoms. The summed E-state index contributed by atoms with van der Waals surface area (Å²) in [6.07, 6.45) is -0.0682. The third-order valence-electron chi connectivity index (χ3n) is 1.30. The maximum atomic E-state index is 11.0. The van der Waals surface area contributed by atoms with Gasteiger partial charge in [-0.05, 0) is 20.8 Å². The van der Waals surface area contributed by atoms with Gasteiger partial charge in [0, 0.05) is 6.54 Å². The highest BCUT2D eigenvalue weighted by Crippen LogP contribution is 2.05. The molecule has 0 saturated heterocycles. The Bertz CT molecular complexity index is 207.